The van der Waals surface area contributed by atoms with Crippen molar-refractivity contribution in [1.29, 1.82) is 0 Å². The highest BCUT2D eigenvalue weighted by Gasteiger charge is 2.23. The number of piperidine rings is 1. The van der Waals surface area contributed by atoms with Crippen molar-refractivity contribution < 1.29 is 9.21 Å². The fourth-order valence-electron chi connectivity index (χ4n) is 3.69. The lowest BCUT2D eigenvalue weighted by Crippen LogP contribution is -2.30. The van der Waals surface area contributed by atoms with E-state index in [4.69, 9.17) is 4.42 Å². The van der Waals surface area contributed by atoms with Crippen LogP contribution in [0.2, 0.25) is 0 Å². The lowest BCUT2D eigenvalue weighted by molar-refractivity contribution is 0.102. The highest BCUT2D eigenvalue weighted by atomic mass is 16.4. The molecule has 1 aliphatic heterocycles. The molecule has 0 aromatic carbocycles. The average molecular weight is 372 g/mol. The molecule has 2 N–H and O–H groups in total. The van der Waals surface area contributed by atoms with Crippen molar-refractivity contribution in [3.63, 3.8) is 0 Å². The van der Waals surface area contributed by atoms with Gasteiger partial charge in [0.2, 0.25) is 0 Å². The van der Waals surface area contributed by atoms with Crippen LogP contribution < -0.4 is 16.3 Å². The Morgan fingerprint density at radius 3 is 2.81 bits per heavy atom. The van der Waals surface area contributed by atoms with Gasteiger partial charge in [0, 0.05) is 19.0 Å². The Labute approximate surface area is 159 Å². The normalized spacial score (nSPS) is 17.1. The largest absolute Gasteiger partial charge is 0.427 e. The van der Waals surface area contributed by atoms with E-state index < -0.39 is 11.5 Å². The van der Waals surface area contributed by atoms with Crippen LogP contribution in [0.4, 0.5) is 5.69 Å². The molecule has 2 aromatic heterocycles. The maximum atomic E-state index is 12.8. The summed E-state index contributed by atoms with van der Waals surface area (Å²) >= 11 is 0. The van der Waals surface area contributed by atoms with Crippen LogP contribution in [0.5, 0.6) is 0 Å². The van der Waals surface area contributed by atoms with E-state index in [-0.39, 0.29) is 11.5 Å². The monoisotopic (exact) mass is 372 g/mol. The Morgan fingerprint density at radius 1 is 1.41 bits per heavy atom. The van der Waals surface area contributed by atoms with Crippen LogP contribution >= 0.6 is 0 Å². The second kappa shape index (κ2) is 8.08. The molecule has 0 spiro atoms. The van der Waals surface area contributed by atoms with Crippen LogP contribution in [0.15, 0.2) is 15.3 Å². The standard InChI is InChI=1S/C20H28N4O3/c1-5-9-24-14(4)18(13(3)23-24)22-19(25)17-12(2)10-16(27-20(17)26)15-7-6-8-21-11-15/h10,15,21H,5-9,11H2,1-4H3,(H,22,25). The maximum Gasteiger partial charge on any atom is 0.349 e. The molecule has 0 saturated carbocycles. The van der Waals surface area contributed by atoms with E-state index in [2.05, 4.69) is 22.7 Å². The first-order valence-electron chi connectivity index (χ1n) is 9.63. The molecule has 1 saturated heterocycles. The minimum Gasteiger partial charge on any atom is -0.427 e. The zero-order chi connectivity index (χ0) is 19.6. The van der Waals surface area contributed by atoms with E-state index in [9.17, 15) is 9.59 Å². The number of anilines is 1. The van der Waals surface area contributed by atoms with Gasteiger partial charge in [0.1, 0.15) is 11.3 Å². The number of carbonyl (C=O) groups is 1. The molecule has 3 rings (SSSR count). The predicted molar refractivity (Wildman–Crippen MR) is 105 cm³/mol. The Balaban J connectivity index is 1.86. The van der Waals surface area contributed by atoms with Gasteiger partial charge < -0.3 is 15.1 Å². The molecule has 2 aromatic rings. The lowest BCUT2D eigenvalue weighted by atomic mass is 9.95. The molecule has 1 fully saturated rings. The molecule has 27 heavy (non-hydrogen) atoms. The number of aromatic nitrogens is 2. The molecule has 1 atom stereocenters. The number of nitrogens with zero attached hydrogens (tertiary/aromatic N) is 2. The van der Waals surface area contributed by atoms with Crippen molar-refractivity contribution in [3.05, 3.63) is 44.8 Å². The number of hydrogen-bond acceptors (Lipinski definition) is 5. The third-order valence-electron chi connectivity index (χ3n) is 5.15. The van der Waals surface area contributed by atoms with Gasteiger partial charge in [0.15, 0.2) is 0 Å². The van der Waals surface area contributed by atoms with Crippen molar-refractivity contribution in [3.8, 4) is 0 Å². The zero-order valence-electron chi connectivity index (χ0n) is 16.5. The Morgan fingerprint density at radius 2 is 2.19 bits per heavy atom. The third-order valence-corrected chi connectivity index (χ3v) is 5.15. The molecule has 1 unspecified atom stereocenters. The lowest BCUT2D eigenvalue weighted by Gasteiger charge is -2.22. The van der Waals surface area contributed by atoms with Crippen molar-refractivity contribution in [2.24, 2.45) is 0 Å². The van der Waals surface area contributed by atoms with Crippen molar-refractivity contribution >= 4 is 11.6 Å². The number of rotatable bonds is 5. The van der Waals surface area contributed by atoms with Crippen LogP contribution in [-0.2, 0) is 6.54 Å². The van der Waals surface area contributed by atoms with Gasteiger partial charge in [-0.1, -0.05) is 6.92 Å². The molecular weight excluding hydrogens is 344 g/mol. The second-order valence-corrected chi connectivity index (χ2v) is 7.26. The average Bonchev–Trinajstić information content (AvgIpc) is 2.90. The summed E-state index contributed by atoms with van der Waals surface area (Å²) in [4.78, 5) is 25.3. The molecule has 3 heterocycles. The van der Waals surface area contributed by atoms with Crippen LogP contribution in [0, 0.1) is 20.8 Å². The van der Waals surface area contributed by atoms with E-state index in [0.29, 0.717) is 17.0 Å². The summed E-state index contributed by atoms with van der Waals surface area (Å²) in [5, 5.41) is 10.6. The van der Waals surface area contributed by atoms with Gasteiger partial charge in [0.25, 0.3) is 5.91 Å². The van der Waals surface area contributed by atoms with E-state index in [1.807, 2.05) is 24.6 Å². The number of nitrogens with one attached hydrogen (secondary N) is 2. The first kappa shape index (κ1) is 19.4. The predicted octanol–water partition coefficient (Wildman–Crippen LogP) is 2.89. The highest BCUT2D eigenvalue weighted by Crippen LogP contribution is 2.25. The Kier molecular flexibility index (Phi) is 5.79. The molecule has 7 nitrogen and oxygen atoms in total. The first-order chi connectivity index (χ1) is 12.9. The van der Waals surface area contributed by atoms with E-state index in [1.54, 1.807) is 6.92 Å². The smallest absolute Gasteiger partial charge is 0.349 e. The summed E-state index contributed by atoms with van der Waals surface area (Å²) in [6.45, 7) is 10.2. The minimum atomic E-state index is -0.579. The van der Waals surface area contributed by atoms with Crippen LogP contribution in [-0.4, -0.2) is 28.8 Å². The van der Waals surface area contributed by atoms with Gasteiger partial charge >= 0.3 is 5.63 Å². The summed E-state index contributed by atoms with van der Waals surface area (Å²) in [5.74, 6) is 0.389. The van der Waals surface area contributed by atoms with Crippen molar-refractivity contribution in [2.75, 3.05) is 18.4 Å². The zero-order valence-corrected chi connectivity index (χ0v) is 16.5. The van der Waals surface area contributed by atoms with Gasteiger partial charge in [-0.15, -0.1) is 0 Å². The highest BCUT2D eigenvalue weighted by molar-refractivity contribution is 6.05. The number of amides is 1. The second-order valence-electron chi connectivity index (χ2n) is 7.26. The van der Waals surface area contributed by atoms with Gasteiger partial charge in [-0.05, 0) is 58.2 Å². The molecule has 1 aliphatic rings. The molecule has 0 radical (unpaired) electrons. The molecule has 0 aliphatic carbocycles. The topological polar surface area (TPSA) is 89.2 Å². The maximum absolute atomic E-state index is 12.8. The fraction of sp³-hybridized carbons (Fsp3) is 0.550. The van der Waals surface area contributed by atoms with Gasteiger partial charge in [-0.3, -0.25) is 9.48 Å². The Bertz CT molecular complexity index is 891. The van der Waals surface area contributed by atoms with Crippen molar-refractivity contribution in [2.45, 2.75) is 59.4 Å². The van der Waals surface area contributed by atoms with Gasteiger partial charge in [-0.25, -0.2) is 4.79 Å². The fourth-order valence-corrected chi connectivity index (χ4v) is 3.69. The summed E-state index contributed by atoms with van der Waals surface area (Å²) < 4.78 is 7.39. The van der Waals surface area contributed by atoms with Gasteiger partial charge in [-0.2, -0.15) is 5.10 Å². The van der Waals surface area contributed by atoms with Crippen molar-refractivity contribution in [1.82, 2.24) is 15.1 Å². The first-order valence-corrected chi connectivity index (χ1v) is 9.63. The molecular formula is C20H28N4O3. The Hall–Kier alpha value is -2.41. The number of hydrogen-bond donors (Lipinski definition) is 2. The summed E-state index contributed by atoms with van der Waals surface area (Å²) in [6, 6.07) is 1.83. The molecule has 7 heteroatoms. The van der Waals surface area contributed by atoms with E-state index in [0.717, 1.165) is 50.3 Å². The SMILES string of the molecule is CCCn1nc(C)c(NC(=O)c2c(C)cc(C3CCCNC3)oc2=O)c1C. The van der Waals surface area contributed by atoms with Crippen LogP contribution in [0.3, 0.4) is 0 Å². The molecule has 146 valence electrons. The summed E-state index contributed by atoms with van der Waals surface area (Å²) in [6.07, 6.45) is 2.99. The van der Waals surface area contributed by atoms with E-state index in [1.165, 1.54) is 0 Å². The number of carbonyl (C=O) groups excluding carboxylic acids is 1. The summed E-state index contributed by atoms with van der Waals surface area (Å²) in [7, 11) is 0. The van der Waals surface area contributed by atoms with Crippen LogP contribution in [0.25, 0.3) is 0 Å². The molecule has 0 bridgehead atoms. The van der Waals surface area contributed by atoms with E-state index >= 15 is 0 Å². The quantitative estimate of drug-likeness (QED) is 0.842. The number of aryl methyl sites for hydroxylation is 3. The third kappa shape index (κ3) is 3.98. The molecule has 1 amide bonds. The van der Waals surface area contributed by atoms with Crippen LogP contribution in [0.1, 0.15) is 65.2 Å². The minimum absolute atomic E-state index is 0.0598. The summed E-state index contributed by atoms with van der Waals surface area (Å²) in [5.41, 5.74) is 2.40. The van der Waals surface area contributed by atoms with Gasteiger partial charge in [0.05, 0.1) is 17.1 Å².